The first-order chi connectivity index (χ1) is 13.9. The van der Waals surface area contributed by atoms with Gasteiger partial charge in [0.25, 0.3) is 5.91 Å². The van der Waals surface area contributed by atoms with Crippen LogP contribution in [0.15, 0.2) is 24.3 Å². The van der Waals surface area contributed by atoms with Crippen molar-refractivity contribution in [2.24, 2.45) is 5.92 Å². The van der Waals surface area contributed by atoms with Crippen molar-refractivity contribution < 1.29 is 19.4 Å². The molecule has 0 unspecified atom stereocenters. The number of carbonyl (C=O) groups is 1. The summed E-state index contributed by atoms with van der Waals surface area (Å²) in [6, 6.07) is 7.89. The zero-order chi connectivity index (χ0) is 20.4. The maximum Gasteiger partial charge on any atom is 0.270 e. The Kier molecular flexibility index (Phi) is 5.83. The summed E-state index contributed by atoms with van der Waals surface area (Å²) in [7, 11) is 0. The number of rotatable bonds is 5. The van der Waals surface area contributed by atoms with Crippen molar-refractivity contribution in [3.8, 4) is 5.75 Å². The predicted molar refractivity (Wildman–Crippen MR) is 112 cm³/mol. The normalized spacial score (nSPS) is 19.6. The van der Waals surface area contributed by atoms with Gasteiger partial charge in [-0.15, -0.1) is 0 Å². The van der Waals surface area contributed by atoms with Gasteiger partial charge in [0.2, 0.25) is 0 Å². The van der Waals surface area contributed by atoms with Crippen LogP contribution in [0.5, 0.6) is 5.75 Å². The number of nitrogens with one attached hydrogen (secondary N) is 1. The smallest absolute Gasteiger partial charge is 0.270 e. The van der Waals surface area contributed by atoms with Crippen LogP contribution in [-0.2, 0) is 4.74 Å². The molecule has 2 aromatic rings. The molecule has 2 fully saturated rings. The minimum absolute atomic E-state index is 0.0507. The van der Waals surface area contributed by atoms with E-state index in [4.69, 9.17) is 9.47 Å². The van der Waals surface area contributed by atoms with Crippen LogP contribution in [0.1, 0.15) is 56.4 Å². The Morgan fingerprint density at radius 1 is 1.21 bits per heavy atom. The van der Waals surface area contributed by atoms with Crippen molar-refractivity contribution in [3.05, 3.63) is 30.0 Å². The van der Waals surface area contributed by atoms with Gasteiger partial charge in [0.15, 0.2) is 0 Å². The molecule has 0 aliphatic carbocycles. The summed E-state index contributed by atoms with van der Waals surface area (Å²) >= 11 is 0. The van der Waals surface area contributed by atoms with Crippen molar-refractivity contribution in [3.63, 3.8) is 0 Å². The van der Waals surface area contributed by atoms with Crippen LogP contribution in [-0.4, -0.2) is 58.9 Å². The first-order valence-electron chi connectivity index (χ1n) is 10.8. The number of H-pyrrole nitrogens is 1. The van der Waals surface area contributed by atoms with E-state index in [0.29, 0.717) is 11.6 Å². The van der Waals surface area contributed by atoms with Crippen molar-refractivity contribution in [1.29, 1.82) is 0 Å². The second-order valence-corrected chi connectivity index (χ2v) is 9.11. The van der Waals surface area contributed by atoms with Gasteiger partial charge in [-0.1, -0.05) is 0 Å². The number of hydrogen-bond donors (Lipinski definition) is 2. The number of aromatic amines is 1. The molecule has 0 radical (unpaired) electrons. The predicted octanol–water partition coefficient (Wildman–Crippen LogP) is 3.74. The van der Waals surface area contributed by atoms with Crippen molar-refractivity contribution in [1.82, 2.24) is 9.88 Å². The summed E-state index contributed by atoms with van der Waals surface area (Å²) in [5.74, 6) is 1.36. The number of aliphatic hydroxyl groups is 1. The minimum atomic E-state index is -0.640. The van der Waals surface area contributed by atoms with Crippen LogP contribution in [0.4, 0.5) is 0 Å². The number of hydrogen-bond acceptors (Lipinski definition) is 4. The van der Waals surface area contributed by atoms with Gasteiger partial charge >= 0.3 is 0 Å². The van der Waals surface area contributed by atoms with Gasteiger partial charge in [0, 0.05) is 42.9 Å². The zero-order valence-electron chi connectivity index (χ0n) is 17.4. The number of piperidine rings is 1. The van der Waals surface area contributed by atoms with Crippen LogP contribution in [0.3, 0.4) is 0 Å². The first kappa shape index (κ1) is 20.2. The quantitative estimate of drug-likeness (QED) is 0.802. The maximum atomic E-state index is 13.0. The van der Waals surface area contributed by atoms with Crippen LogP contribution < -0.4 is 4.74 Å². The van der Waals surface area contributed by atoms with Crippen LogP contribution in [0.2, 0.25) is 0 Å². The highest BCUT2D eigenvalue weighted by molar-refractivity contribution is 5.98. The standard InChI is InChI=1S/C23H32N2O4/c1-23(2,27)15-16-5-9-25(10-6-16)22(26)21-13-17-3-4-19(14-20(17)24-21)29-18-7-11-28-12-8-18/h3-4,13-14,16,18,24,27H,5-12,15H2,1-2H3. The third-order valence-corrected chi connectivity index (χ3v) is 5.99. The molecule has 158 valence electrons. The molecule has 0 saturated carbocycles. The molecule has 2 aliphatic rings. The highest BCUT2D eigenvalue weighted by atomic mass is 16.5. The van der Waals surface area contributed by atoms with Crippen molar-refractivity contribution in [2.45, 2.75) is 57.7 Å². The Morgan fingerprint density at radius 3 is 2.62 bits per heavy atom. The Balaban J connectivity index is 1.39. The van der Waals surface area contributed by atoms with E-state index < -0.39 is 5.60 Å². The summed E-state index contributed by atoms with van der Waals surface area (Å²) in [6.07, 6.45) is 4.70. The molecule has 29 heavy (non-hydrogen) atoms. The van der Waals surface area contributed by atoms with Gasteiger partial charge in [0.1, 0.15) is 17.5 Å². The molecule has 2 N–H and O–H groups in total. The summed E-state index contributed by atoms with van der Waals surface area (Å²) < 4.78 is 11.5. The number of ether oxygens (including phenoxy) is 2. The lowest BCUT2D eigenvalue weighted by atomic mass is 9.86. The Labute approximate surface area is 172 Å². The average molecular weight is 401 g/mol. The Bertz CT molecular complexity index is 840. The molecule has 6 nitrogen and oxygen atoms in total. The molecule has 2 saturated heterocycles. The third-order valence-electron chi connectivity index (χ3n) is 5.99. The number of benzene rings is 1. The van der Waals surface area contributed by atoms with Crippen molar-refractivity contribution >= 4 is 16.8 Å². The van der Waals surface area contributed by atoms with Gasteiger partial charge in [-0.3, -0.25) is 4.79 Å². The molecule has 1 amide bonds. The molecule has 3 heterocycles. The highest BCUT2D eigenvalue weighted by Crippen LogP contribution is 2.28. The van der Waals surface area contributed by atoms with Gasteiger partial charge in [0.05, 0.1) is 18.8 Å². The fourth-order valence-corrected chi connectivity index (χ4v) is 4.50. The lowest BCUT2D eigenvalue weighted by molar-refractivity contribution is 0.0256. The molecule has 4 rings (SSSR count). The van der Waals surface area contributed by atoms with Crippen LogP contribution >= 0.6 is 0 Å². The van der Waals surface area contributed by atoms with E-state index >= 15 is 0 Å². The molecule has 2 aliphatic heterocycles. The van der Waals surface area contributed by atoms with Gasteiger partial charge in [-0.05, 0) is 57.2 Å². The van der Waals surface area contributed by atoms with E-state index in [-0.39, 0.29) is 12.0 Å². The fourth-order valence-electron chi connectivity index (χ4n) is 4.50. The van der Waals surface area contributed by atoms with Crippen LogP contribution in [0.25, 0.3) is 10.9 Å². The molecule has 1 aromatic heterocycles. The minimum Gasteiger partial charge on any atom is -0.490 e. The number of aromatic nitrogens is 1. The number of nitrogens with zero attached hydrogens (tertiary/aromatic N) is 1. The van der Waals surface area contributed by atoms with Gasteiger partial charge in [-0.25, -0.2) is 0 Å². The molecule has 0 bridgehead atoms. The summed E-state index contributed by atoms with van der Waals surface area (Å²) in [4.78, 5) is 18.2. The molecular weight excluding hydrogens is 368 g/mol. The zero-order valence-corrected chi connectivity index (χ0v) is 17.4. The number of amides is 1. The lowest BCUT2D eigenvalue weighted by Crippen LogP contribution is -2.40. The van der Waals surface area contributed by atoms with Crippen LogP contribution in [0, 0.1) is 5.92 Å². The summed E-state index contributed by atoms with van der Waals surface area (Å²) in [5, 5.41) is 11.0. The van der Waals surface area contributed by atoms with E-state index in [9.17, 15) is 9.90 Å². The van der Waals surface area contributed by atoms with Gasteiger partial charge < -0.3 is 24.5 Å². The second-order valence-electron chi connectivity index (χ2n) is 9.11. The molecule has 0 spiro atoms. The summed E-state index contributed by atoms with van der Waals surface area (Å²) in [6.45, 7) is 6.70. The number of fused-ring (bicyclic) bond motifs is 1. The van der Waals surface area contributed by atoms with E-state index in [1.54, 1.807) is 0 Å². The van der Waals surface area contributed by atoms with E-state index in [1.807, 2.05) is 43.0 Å². The van der Waals surface area contributed by atoms with Crippen molar-refractivity contribution in [2.75, 3.05) is 26.3 Å². The van der Waals surface area contributed by atoms with Gasteiger partial charge in [-0.2, -0.15) is 0 Å². The van der Waals surface area contributed by atoms with E-state index in [1.165, 1.54) is 0 Å². The lowest BCUT2D eigenvalue weighted by Gasteiger charge is -2.34. The number of likely N-dealkylation sites (tertiary alicyclic amines) is 1. The largest absolute Gasteiger partial charge is 0.490 e. The molecule has 0 atom stereocenters. The monoisotopic (exact) mass is 400 g/mol. The SMILES string of the molecule is CC(C)(O)CC1CCN(C(=O)c2cc3ccc(OC4CCOCC4)cc3[nH]2)CC1. The number of carbonyl (C=O) groups excluding carboxylic acids is 1. The first-order valence-corrected chi connectivity index (χ1v) is 10.8. The topological polar surface area (TPSA) is 74.8 Å². The maximum absolute atomic E-state index is 13.0. The third kappa shape index (κ3) is 5.11. The fraction of sp³-hybridized carbons (Fsp3) is 0.609. The summed E-state index contributed by atoms with van der Waals surface area (Å²) in [5.41, 5.74) is 0.914. The average Bonchev–Trinajstić information content (AvgIpc) is 3.11. The molecule has 6 heteroatoms. The Hall–Kier alpha value is -2.05. The highest BCUT2D eigenvalue weighted by Gasteiger charge is 2.28. The van der Waals surface area contributed by atoms with E-state index in [0.717, 1.165) is 75.1 Å². The molecular formula is C23H32N2O4. The van der Waals surface area contributed by atoms with E-state index in [2.05, 4.69) is 4.98 Å². The Morgan fingerprint density at radius 2 is 1.93 bits per heavy atom. The molecule has 1 aromatic carbocycles. The second kappa shape index (κ2) is 8.36.